The zero-order valence-corrected chi connectivity index (χ0v) is 9.39. The molecule has 1 fully saturated rings. The summed E-state index contributed by atoms with van der Waals surface area (Å²) in [7, 11) is 0. The summed E-state index contributed by atoms with van der Waals surface area (Å²) in [6.45, 7) is 0. The first-order chi connectivity index (χ1) is 7.18. The standard InChI is InChI=1S/C9H16N4OS/c10-7-11-8(13-12-7)15-6-9(14)4-2-1-3-5-9/h14H,1-6H2,(H3,10,11,12,13). The number of anilines is 1. The third-order valence-corrected chi connectivity index (χ3v) is 3.86. The summed E-state index contributed by atoms with van der Waals surface area (Å²) in [6.07, 6.45) is 5.25. The lowest BCUT2D eigenvalue weighted by Gasteiger charge is -2.31. The van der Waals surface area contributed by atoms with Crippen LogP contribution in [0.15, 0.2) is 5.16 Å². The minimum atomic E-state index is -0.529. The van der Waals surface area contributed by atoms with Crippen LogP contribution in [0.2, 0.25) is 0 Å². The Morgan fingerprint density at radius 3 is 2.73 bits per heavy atom. The molecule has 4 N–H and O–H groups in total. The number of nitrogen functional groups attached to an aromatic ring is 1. The lowest BCUT2D eigenvalue weighted by Crippen LogP contribution is -2.34. The number of aliphatic hydroxyl groups is 1. The van der Waals surface area contributed by atoms with Crippen LogP contribution in [0.1, 0.15) is 32.1 Å². The first-order valence-corrected chi connectivity index (χ1v) is 6.20. The SMILES string of the molecule is Nc1nc(SCC2(O)CCCCC2)n[nH]1. The van der Waals surface area contributed by atoms with Crippen molar-refractivity contribution in [2.24, 2.45) is 0 Å². The number of nitrogens with one attached hydrogen (secondary N) is 1. The van der Waals surface area contributed by atoms with E-state index >= 15 is 0 Å². The quantitative estimate of drug-likeness (QED) is 0.676. The van der Waals surface area contributed by atoms with Gasteiger partial charge in [-0.25, -0.2) is 5.10 Å². The van der Waals surface area contributed by atoms with E-state index in [9.17, 15) is 5.11 Å². The maximum absolute atomic E-state index is 10.2. The number of hydrogen-bond acceptors (Lipinski definition) is 5. The smallest absolute Gasteiger partial charge is 0.216 e. The highest BCUT2D eigenvalue weighted by molar-refractivity contribution is 7.99. The largest absolute Gasteiger partial charge is 0.389 e. The summed E-state index contributed by atoms with van der Waals surface area (Å²) in [4.78, 5) is 3.99. The summed E-state index contributed by atoms with van der Waals surface area (Å²) in [6, 6.07) is 0. The van der Waals surface area contributed by atoms with Crippen molar-refractivity contribution in [3.05, 3.63) is 0 Å². The van der Waals surface area contributed by atoms with Crippen molar-refractivity contribution >= 4 is 17.7 Å². The molecule has 0 unspecified atom stereocenters. The molecule has 0 spiro atoms. The van der Waals surface area contributed by atoms with Gasteiger partial charge in [0.05, 0.1) is 5.60 Å². The van der Waals surface area contributed by atoms with Gasteiger partial charge in [0.2, 0.25) is 11.1 Å². The van der Waals surface area contributed by atoms with Gasteiger partial charge in [0.15, 0.2) is 0 Å². The molecule has 6 heteroatoms. The molecule has 0 atom stereocenters. The second kappa shape index (κ2) is 4.40. The number of nitrogens with two attached hydrogens (primary N) is 1. The van der Waals surface area contributed by atoms with E-state index in [0.29, 0.717) is 16.9 Å². The van der Waals surface area contributed by atoms with E-state index < -0.39 is 5.60 Å². The van der Waals surface area contributed by atoms with Crippen molar-refractivity contribution in [3.8, 4) is 0 Å². The van der Waals surface area contributed by atoms with Crippen molar-refractivity contribution in [2.45, 2.75) is 42.9 Å². The van der Waals surface area contributed by atoms with Crippen LogP contribution in [0.5, 0.6) is 0 Å². The number of hydrogen-bond donors (Lipinski definition) is 3. The lowest BCUT2D eigenvalue weighted by molar-refractivity contribution is 0.0272. The van der Waals surface area contributed by atoms with Crippen LogP contribution < -0.4 is 5.73 Å². The molecular weight excluding hydrogens is 212 g/mol. The number of aromatic amines is 1. The monoisotopic (exact) mass is 228 g/mol. The number of rotatable bonds is 3. The van der Waals surface area contributed by atoms with Gasteiger partial charge in [-0.2, -0.15) is 4.98 Å². The minimum absolute atomic E-state index is 0.327. The van der Waals surface area contributed by atoms with E-state index in [2.05, 4.69) is 15.2 Å². The predicted molar refractivity (Wildman–Crippen MR) is 59.6 cm³/mol. The Labute approximate surface area is 92.9 Å². The van der Waals surface area contributed by atoms with E-state index in [1.54, 1.807) is 0 Å². The van der Waals surface area contributed by atoms with Gasteiger partial charge in [-0.15, -0.1) is 5.10 Å². The molecular formula is C9H16N4OS. The molecule has 2 rings (SSSR count). The van der Waals surface area contributed by atoms with E-state index in [0.717, 1.165) is 25.7 Å². The van der Waals surface area contributed by atoms with Crippen molar-refractivity contribution in [2.75, 3.05) is 11.5 Å². The highest BCUT2D eigenvalue weighted by Gasteiger charge is 2.29. The maximum atomic E-state index is 10.2. The molecule has 0 aliphatic heterocycles. The summed E-state index contributed by atoms with van der Waals surface area (Å²) in [5.74, 6) is 0.984. The molecule has 15 heavy (non-hydrogen) atoms. The van der Waals surface area contributed by atoms with Crippen LogP contribution in [0.3, 0.4) is 0 Å². The van der Waals surface area contributed by atoms with Gasteiger partial charge in [0, 0.05) is 5.75 Å². The fourth-order valence-electron chi connectivity index (χ4n) is 1.88. The normalized spacial score (nSPS) is 20.3. The number of H-pyrrole nitrogens is 1. The minimum Gasteiger partial charge on any atom is -0.389 e. The summed E-state index contributed by atoms with van der Waals surface area (Å²) >= 11 is 1.46. The number of nitrogens with zero attached hydrogens (tertiary/aromatic N) is 2. The maximum Gasteiger partial charge on any atom is 0.216 e. The van der Waals surface area contributed by atoms with Gasteiger partial charge in [0.1, 0.15) is 0 Å². The molecule has 1 aliphatic rings. The average molecular weight is 228 g/mol. The van der Waals surface area contributed by atoms with Crippen molar-refractivity contribution in [1.82, 2.24) is 15.2 Å². The topological polar surface area (TPSA) is 87.8 Å². The zero-order chi connectivity index (χ0) is 10.7. The van der Waals surface area contributed by atoms with Crippen LogP contribution in [0.4, 0.5) is 5.95 Å². The van der Waals surface area contributed by atoms with Gasteiger partial charge >= 0.3 is 0 Å². The molecule has 0 aromatic carbocycles. The van der Waals surface area contributed by atoms with Gasteiger partial charge in [-0.3, -0.25) is 0 Å². The Morgan fingerprint density at radius 1 is 1.40 bits per heavy atom. The highest BCUT2D eigenvalue weighted by atomic mass is 32.2. The summed E-state index contributed by atoms with van der Waals surface area (Å²) < 4.78 is 0. The second-order valence-electron chi connectivity index (χ2n) is 4.08. The van der Waals surface area contributed by atoms with E-state index in [1.807, 2.05) is 0 Å². The number of aromatic nitrogens is 3. The third kappa shape index (κ3) is 2.85. The van der Waals surface area contributed by atoms with Crippen molar-refractivity contribution in [1.29, 1.82) is 0 Å². The molecule has 0 radical (unpaired) electrons. The van der Waals surface area contributed by atoms with Crippen LogP contribution in [-0.2, 0) is 0 Å². The van der Waals surface area contributed by atoms with Crippen LogP contribution in [0, 0.1) is 0 Å². The van der Waals surface area contributed by atoms with E-state index in [1.165, 1.54) is 18.2 Å². The lowest BCUT2D eigenvalue weighted by atomic mass is 9.86. The molecule has 0 bridgehead atoms. The molecule has 0 amide bonds. The molecule has 1 aromatic heterocycles. The Hall–Kier alpha value is -0.750. The molecule has 5 nitrogen and oxygen atoms in total. The van der Waals surface area contributed by atoms with Gasteiger partial charge in [0.25, 0.3) is 0 Å². The van der Waals surface area contributed by atoms with Crippen molar-refractivity contribution < 1.29 is 5.11 Å². The first kappa shape index (κ1) is 10.8. The Morgan fingerprint density at radius 2 is 2.13 bits per heavy atom. The van der Waals surface area contributed by atoms with Gasteiger partial charge < -0.3 is 10.8 Å². The molecule has 0 saturated heterocycles. The molecule has 84 valence electrons. The van der Waals surface area contributed by atoms with Crippen LogP contribution >= 0.6 is 11.8 Å². The fourth-order valence-corrected chi connectivity index (χ4v) is 2.84. The first-order valence-electron chi connectivity index (χ1n) is 5.21. The van der Waals surface area contributed by atoms with Crippen molar-refractivity contribution in [3.63, 3.8) is 0 Å². The Balaban J connectivity index is 1.86. The van der Waals surface area contributed by atoms with Gasteiger partial charge in [-0.05, 0) is 12.8 Å². The highest BCUT2D eigenvalue weighted by Crippen LogP contribution is 2.32. The Kier molecular flexibility index (Phi) is 3.16. The molecule has 1 aromatic rings. The molecule has 1 aliphatic carbocycles. The fraction of sp³-hybridized carbons (Fsp3) is 0.778. The third-order valence-electron chi connectivity index (χ3n) is 2.74. The molecule has 1 heterocycles. The second-order valence-corrected chi connectivity index (χ2v) is 5.02. The van der Waals surface area contributed by atoms with Crippen LogP contribution in [-0.4, -0.2) is 31.6 Å². The zero-order valence-electron chi connectivity index (χ0n) is 8.57. The van der Waals surface area contributed by atoms with Gasteiger partial charge in [-0.1, -0.05) is 31.0 Å². The van der Waals surface area contributed by atoms with Crippen LogP contribution in [0.25, 0.3) is 0 Å². The number of thioether (sulfide) groups is 1. The van der Waals surface area contributed by atoms with E-state index in [-0.39, 0.29) is 0 Å². The van der Waals surface area contributed by atoms with E-state index in [4.69, 9.17) is 5.73 Å². The molecule has 1 saturated carbocycles. The average Bonchev–Trinajstić information content (AvgIpc) is 2.63. The summed E-state index contributed by atoms with van der Waals surface area (Å²) in [5, 5.41) is 17.3. The predicted octanol–water partition coefficient (Wildman–Crippen LogP) is 1.17. The summed E-state index contributed by atoms with van der Waals surface area (Å²) in [5.41, 5.74) is 4.89. The Bertz CT molecular complexity index is 322.